The van der Waals surface area contributed by atoms with E-state index in [9.17, 15) is 16.8 Å². The number of rotatable bonds is 16. The molecule has 2 aromatic heterocycles. The first kappa shape index (κ1) is 58.8. The Morgan fingerprint density at radius 1 is 0.615 bits per heavy atom. The Hall–Kier alpha value is -6.90. The lowest BCUT2D eigenvalue weighted by atomic mass is 9.95. The van der Waals surface area contributed by atoms with Crippen molar-refractivity contribution in [3.8, 4) is 33.8 Å². The van der Waals surface area contributed by atoms with Crippen LogP contribution in [0.3, 0.4) is 0 Å². The van der Waals surface area contributed by atoms with Crippen molar-refractivity contribution in [1.29, 1.82) is 0 Å². The third-order valence-electron chi connectivity index (χ3n) is 13.3. The normalized spacial score (nSPS) is 13.7. The maximum Gasteiger partial charge on any atom is 0.247 e. The fourth-order valence-electron chi connectivity index (χ4n) is 9.79. The van der Waals surface area contributed by atoms with Gasteiger partial charge in [0, 0.05) is 28.6 Å². The number of hydrogen-bond acceptors (Lipinski definition) is 16. The zero-order chi connectivity index (χ0) is 54.7. The summed E-state index contributed by atoms with van der Waals surface area (Å²) < 4.78 is 57.6. The molecule has 78 heavy (non-hydrogen) atoms. The average molecular weight is 1140 g/mol. The third-order valence-corrected chi connectivity index (χ3v) is 13.9. The summed E-state index contributed by atoms with van der Waals surface area (Å²) in [5.41, 5.74) is 19.8. The minimum atomic E-state index is -3.55. The van der Waals surface area contributed by atoms with Crippen molar-refractivity contribution in [1.82, 2.24) is 35.3 Å². The van der Waals surface area contributed by atoms with E-state index in [1.165, 1.54) is 55.2 Å². The molecule has 21 heteroatoms. The minimum absolute atomic E-state index is 0. The molecular weight excluding hydrogens is 1070 g/mol. The van der Waals surface area contributed by atoms with Crippen LogP contribution in [0.25, 0.3) is 44.3 Å². The van der Waals surface area contributed by atoms with Gasteiger partial charge in [0.25, 0.3) is 0 Å². The number of aryl methyl sites for hydroxylation is 4. The second-order valence-electron chi connectivity index (χ2n) is 19.7. The number of nitrogen functional groups attached to an aromatic ring is 1. The first-order chi connectivity index (χ1) is 36.8. The summed E-state index contributed by atoms with van der Waals surface area (Å²) in [5.74, 6) is 3.18. The second kappa shape index (κ2) is 26.6. The van der Waals surface area contributed by atoms with Crippen molar-refractivity contribution >= 4 is 98.9 Å². The maximum absolute atomic E-state index is 12.2. The molecule has 6 aromatic carbocycles. The molecule has 10 rings (SSSR count). The van der Waals surface area contributed by atoms with Crippen molar-refractivity contribution < 1.29 is 26.3 Å². The molecule has 2 fully saturated rings. The van der Waals surface area contributed by atoms with Crippen molar-refractivity contribution in [3.05, 3.63) is 131 Å². The van der Waals surface area contributed by atoms with E-state index in [0.29, 0.717) is 46.0 Å². The van der Waals surface area contributed by atoms with Crippen LogP contribution in [0.5, 0.6) is 11.5 Å². The van der Waals surface area contributed by atoms with Crippen LogP contribution in [0.15, 0.2) is 109 Å². The van der Waals surface area contributed by atoms with Gasteiger partial charge in [0.15, 0.2) is 0 Å². The monoisotopic (exact) mass is 1140 g/mol. The number of halogens is 2. The molecule has 1 saturated carbocycles. The van der Waals surface area contributed by atoms with Crippen LogP contribution in [0.2, 0.25) is 0 Å². The van der Waals surface area contributed by atoms with Crippen LogP contribution in [-0.2, 0) is 19.1 Å². The van der Waals surface area contributed by atoms with Gasteiger partial charge in [-0.2, -0.15) is 0 Å². The van der Waals surface area contributed by atoms with Crippen molar-refractivity contribution in [2.24, 2.45) is 5.92 Å². The first-order valence-corrected chi connectivity index (χ1v) is 30.3. The van der Waals surface area contributed by atoms with Crippen molar-refractivity contribution in [2.75, 3.05) is 66.4 Å². The van der Waals surface area contributed by atoms with Gasteiger partial charge >= 0.3 is 0 Å². The van der Waals surface area contributed by atoms with E-state index < -0.39 is 19.1 Å². The Morgan fingerprint density at radius 3 is 1.55 bits per heavy atom. The van der Waals surface area contributed by atoms with E-state index in [1.54, 1.807) is 6.07 Å². The molecule has 0 radical (unpaired) electrons. The molecule has 17 nitrogen and oxygen atoms in total. The lowest BCUT2D eigenvalue weighted by Gasteiger charge is -2.15. The fourth-order valence-corrected chi connectivity index (χ4v) is 10.3. The van der Waals surface area contributed by atoms with E-state index in [-0.39, 0.29) is 18.4 Å². The summed E-state index contributed by atoms with van der Waals surface area (Å²) in [7, 11) is -2.25. The lowest BCUT2D eigenvalue weighted by molar-refractivity contribution is 0.238. The number of hydrogen-bond donors (Lipinski definition) is 4. The molecule has 8 aromatic rings. The van der Waals surface area contributed by atoms with Crippen molar-refractivity contribution in [2.45, 2.75) is 72.6 Å². The highest BCUT2D eigenvalue weighted by Gasteiger charge is 2.18. The summed E-state index contributed by atoms with van der Waals surface area (Å²) >= 11 is 0. The van der Waals surface area contributed by atoms with Gasteiger partial charge in [0.1, 0.15) is 40.2 Å². The molecule has 0 bridgehead atoms. The molecule has 1 aliphatic carbocycles. The van der Waals surface area contributed by atoms with Gasteiger partial charge in [-0.3, -0.25) is 9.62 Å². The third kappa shape index (κ3) is 16.8. The number of fused-ring (bicyclic) bond motifs is 2. The number of nitrogens with one attached hydrogen (secondary N) is 3. The summed E-state index contributed by atoms with van der Waals surface area (Å²) in [6, 6.07) is 35.4. The Balaban J connectivity index is 0.000000207. The van der Waals surface area contributed by atoms with Crippen LogP contribution in [0.4, 0.5) is 34.6 Å². The predicted octanol–water partition coefficient (Wildman–Crippen LogP) is 12.1. The highest BCUT2D eigenvalue weighted by molar-refractivity contribution is 8.13. The summed E-state index contributed by atoms with van der Waals surface area (Å²) in [6.07, 6.45) is 11.2. The van der Waals surface area contributed by atoms with E-state index in [1.807, 2.05) is 98.8 Å². The van der Waals surface area contributed by atoms with Crippen LogP contribution in [0.1, 0.15) is 67.2 Å². The molecular formula is C57H67Cl2N11O6S2. The van der Waals surface area contributed by atoms with E-state index in [2.05, 4.69) is 93.3 Å². The number of anilines is 6. The Morgan fingerprint density at radius 2 is 1.06 bits per heavy atom. The largest absolute Gasteiger partial charge is 0.494 e. The first-order valence-electron chi connectivity index (χ1n) is 25.7. The maximum atomic E-state index is 12.2. The van der Waals surface area contributed by atoms with E-state index in [4.69, 9.17) is 15.2 Å². The van der Waals surface area contributed by atoms with E-state index >= 15 is 0 Å². The van der Waals surface area contributed by atoms with Gasteiger partial charge in [-0.15, -0.1) is 32.8 Å². The standard InChI is InChI=1S/C28H32N6O3S.C28H31N5O.CH3ClO2S.ClH/c1-19-7-6-8-20(2)26(19)21-17-24-27(25(18-21)33-38(3,35)36)30-28(32-31-24)29-22-9-11-23(12-10-22)37-16-15-34-13-4-5-14-34;1-18-6-5-7-19(2)26(18)21-16-24(29)27-25(17-21)32-33-28(31-27)30-22-10-12-23(13-11-22)34-15-14-20-8-3-4-9-20;1-5(2,3)4;/h6-12,17-18,33H,4-5,13-16H2,1-3H3,(H,29,30,32);5-7,10-13,16-17,20H,3-4,8-9,14-15,29H2,1-2H3,(H,30,31,33);1H3;1H. The van der Waals surface area contributed by atoms with Crippen LogP contribution in [0, 0.1) is 33.6 Å². The number of nitrogens with zero attached hydrogens (tertiary/aromatic N) is 7. The average Bonchev–Trinajstić information content (AvgIpc) is 4.11. The van der Waals surface area contributed by atoms with Gasteiger partial charge in [-0.25, -0.2) is 26.8 Å². The topological polar surface area (TPSA) is 229 Å². The smallest absolute Gasteiger partial charge is 0.247 e. The molecule has 0 amide bonds. The zero-order valence-corrected chi connectivity index (χ0v) is 47.9. The molecule has 0 atom stereocenters. The molecule has 5 N–H and O–H groups in total. The molecule has 412 valence electrons. The van der Waals surface area contributed by atoms with Crippen LogP contribution in [-0.4, -0.2) is 97.5 Å². The van der Waals surface area contributed by atoms with Gasteiger partial charge in [0.05, 0.1) is 30.5 Å². The summed E-state index contributed by atoms with van der Waals surface area (Å²) in [4.78, 5) is 11.6. The van der Waals surface area contributed by atoms with Gasteiger partial charge < -0.3 is 25.8 Å². The van der Waals surface area contributed by atoms with Crippen LogP contribution < -0.4 is 30.6 Å². The quantitative estimate of drug-likeness (QED) is 0.0521. The Labute approximate surface area is 468 Å². The Bertz CT molecular complexity index is 3520. The van der Waals surface area contributed by atoms with Gasteiger partial charge in [0.2, 0.25) is 31.0 Å². The molecule has 1 aliphatic heterocycles. The minimum Gasteiger partial charge on any atom is -0.494 e. The van der Waals surface area contributed by atoms with Crippen molar-refractivity contribution in [3.63, 3.8) is 0 Å². The number of benzene rings is 6. The highest BCUT2D eigenvalue weighted by Crippen LogP contribution is 2.35. The molecule has 0 unspecified atom stereocenters. The number of ether oxygens (including phenoxy) is 2. The lowest BCUT2D eigenvalue weighted by Crippen LogP contribution is -2.25. The van der Waals surface area contributed by atoms with Gasteiger partial charge in [-0.05, 0) is 183 Å². The molecule has 2 aliphatic rings. The highest BCUT2D eigenvalue weighted by atomic mass is 35.7. The number of nitrogens with two attached hydrogens (primary N) is 1. The molecule has 3 heterocycles. The van der Waals surface area contributed by atoms with E-state index in [0.717, 1.165) is 102 Å². The summed E-state index contributed by atoms with van der Waals surface area (Å²) in [5, 5.41) is 23.7. The molecule has 1 saturated heterocycles. The summed E-state index contributed by atoms with van der Waals surface area (Å²) in [6.45, 7) is 12.9. The number of likely N-dealkylation sites (tertiary alicyclic amines) is 1. The molecule has 0 spiro atoms. The SMILES string of the molecule is CS(=O)(=O)Cl.Cc1cccc(C)c1-c1cc(N)c2nc(Nc3ccc(OCCC4CCCC4)cc3)nnc2c1.Cc1cccc(C)c1-c1cc(NS(C)(=O)=O)c2nc(Nc3ccc(OCCN4CCCC4)cc3)nnc2c1.Cl. The Kier molecular flexibility index (Phi) is 20.1. The second-order valence-corrected chi connectivity index (χ2v) is 24.5. The zero-order valence-electron chi connectivity index (χ0n) is 44.7. The fraction of sp³-hybridized carbons (Fsp3) is 0.333. The number of aromatic nitrogens is 6. The predicted molar refractivity (Wildman–Crippen MR) is 318 cm³/mol. The van der Waals surface area contributed by atoms with Gasteiger partial charge in [-0.1, -0.05) is 62.1 Å². The number of sulfonamides is 1. The van der Waals surface area contributed by atoms with Crippen LogP contribution >= 0.6 is 23.1 Å².